The molecule has 4 aromatic rings. The van der Waals surface area contributed by atoms with Crippen molar-refractivity contribution < 1.29 is 4.57 Å². The molecule has 1 aliphatic rings. The molecule has 90 valence electrons. The molecule has 0 atom stereocenters. The second-order valence-corrected chi connectivity index (χ2v) is 6.66. The summed E-state index contributed by atoms with van der Waals surface area (Å²) in [5, 5.41) is 2.69. The number of hydrogen-bond donors (Lipinski definition) is 0. The number of pyridine rings is 2. The minimum absolute atomic E-state index is 0.943. The van der Waals surface area contributed by atoms with E-state index in [0.29, 0.717) is 0 Å². The fourth-order valence-electron chi connectivity index (χ4n) is 2.71. The largest absolute Gasteiger partial charge is 0.281 e. The standard InChI is InChI=1S/C14H8N3S2/c1-3-15-5-8-7-17-13(9(1)8)19-12-10-2-4-16-6-11(10)18-14(12)17/h1-6H,7H2/q+1. The van der Waals surface area contributed by atoms with Crippen molar-refractivity contribution in [2.24, 2.45) is 0 Å². The van der Waals surface area contributed by atoms with Crippen molar-refractivity contribution in [3.63, 3.8) is 0 Å². The summed E-state index contributed by atoms with van der Waals surface area (Å²) in [6, 6.07) is 4.24. The summed E-state index contributed by atoms with van der Waals surface area (Å²) in [5.74, 6) is 0. The highest BCUT2D eigenvalue weighted by Crippen LogP contribution is 2.41. The maximum absolute atomic E-state index is 4.23. The quantitative estimate of drug-likeness (QED) is 0.408. The summed E-state index contributed by atoms with van der Waals surface area (Å²) in [6.07, 6.45) is 7.70. The first-order valence-corrected chi connectivity index (χ1v) is 7.67. The Bertz CT molecular complexity index is 952. The van der Waals surface area contributed by atoms with Crippen LogP contribution in [0.4, 0.5) is 0 Å². The summed E-state index contributed by atoms with van der Waals surface area (Å²) in [7, 11) is 0. The van der Waals surface area contributed by atoms with Crippen LogP contribution in [-0.4, -0.2) is 9.97 Å². The van der Waals surface area contributed by atoms with Crippen LogP contribution in [0.1, 0.15) is 5.56 Å². The Balaban J connectivity index is 1.93. The van der Waals surface area contributed by atoms with Gasteiger partial charge in [-0.25, -0.2) is 0 Å². The molecule has 19 heavy (non-hydrogen) atoms. The Morgan fingerprint density at radius 2 is 1.95 bits per heavy atom. The van der Waals surface area contributed by atoms with Crippen LogP contribution in [0.25, 0.3) is 30.2 Å². The fourth-order valence-corrected chi connectivity index (χ4v) is 5.41. The number of nitrogens with zero attached hydrogens (tertiary/aromatic N) is 3. The van der Waals surface area contributed by atoms with E-state index in [2.05, 4.69) is 26.7 Å². The zero-order chi connectivity index (χ0) is 12.4. The van der Waals surface area contributed by atoms with E-state index in [9.17, 15) is 0 Å². The second-order valence-electron chi connectivity index (χ2n) is 4.63. The lowest BCUT2D eigenvalue weighted by atomic mass is 10.2. The minimum Gasteiger partial charge on any atom is -0.264 e. The average Bonchev–Trinajstić information content (AvgIpc) is 3.07. The van der Waals surface area contributed by atoms with Crippen LogP contribution in [0, 0.1) is 0 Å². The van der Waals surface area contributed by atoms with Gasteiger partial charge in [0.15, 0.2) is 6.54 Å². The highest BCUT2D eigenvalue weighted by atomic mass is 32.1. The molecule has 5 heterocycles. The molecule has 1 aliphatic heterocycles. The molecular weight excluding hydrogens is 274 g/mol. The van der Waals surface area contributed by atoms with E-state index in [1.807, 2.05) is 47.5 Å². The maximum Gasteiger partial charge on any atom is 0.281 e. The van der Waals surface area contributed by atoms with Crippen LogP contribution in [0.3, 0.4) is 0 Å². The van der Waals surface area contributed by atoms with Crippen molar-refractivity contribution >= 4 is 42.3 Å². The van der Waals surface area contributed by atoms with E-state index >= 15 is 0 Å². The summed E-state index contributed by atoms with van der Waals surface area (Å²) in [4.78, 5) is 9.80. The highest BCUT2D eigenvalue weighted by molar-refractivity contribution is 7.32. The van der Waals surface area contributed by atoms with Gasteiger partial charge in [0.25, 0.3) is 9.84 Å². The first-order valence-electron chi connectivity index (χ1n) is 6.04. The van der Waals surface area contributed by atoms with Gasteiger partial charge in [0.05, 0.1) is 10.3 Å². The molecule has 0 fully saturated rings. The first kappa shape index (κ1) is 10.00. The maximum atomic E-state index is 4.23. The van der Waals surface area contributed by atoms with Crippen LogP contribution in [0.5, 0.6) is 0 Å². The zero-order valence-corrected chi connectivity index (χ0v) is 11.5. The molecule has 4 aromatic heterocycles. The monoisotopic (exact) mass is 282 g/mol. The normalized spacial score (nSPS) is 13.1. The number of rotatable bonds is 0. The molecule has 0 unspecified atom stereocenters. The molecule has 0 radical (unpaired) electrons. The van der Waals surface area contributed by atoms with Gasteiger partial charge >= 0.3 is 0 Å². The van der Waals surface area contributed by atoms with Crippen LogP contribution in [0.2, 0.25) is 0 Å². The van der Waals surface area contributed by atoms with E-state index in [1.54, 1.807) is 0 Å². The fraction of sp³-hybridized carbons (Fsp3) is 0.0714. The zero-order valence-electron chi connectivity index (χ0n) is 9.83. The van der Waals surface area contributed by atoms with Crippen molar-refractivity contribution in [1.82, 2.24) is 9.97 Å². The SMILES string of the molecule is c1cc2c(cn1)C[n+]1c-2sc2c3ccncc3sc21. The van der Waals surface area contributed by atoms with Gasteiger partial charge in [0.2, 0.25) is 0 Å². The molecule has 0 spiro atoms. The highest BCUT2D eigenvalue weighted by Gasteiger charge is 2.33. The Labute approximate surface area is 116 Å². The van der Waals surface area contributed by atoms with Crippen LogP contribution in [-0.2, 0) is 6.54 Å². The predicted molar refractivity (Wildman–Crippen MR) is 77.5 cm³/mol. The van der Waals surface area contributed by atoms with Gasteiger partial charge in [-0.05, 0) is 12.1 Å². The third-order valence-electron chi connectivity index (χ3n) is 3.58. The third kappa shape index (κ3) is 1.19. The van der Waals surface area contributed by atoms with E-state index in [4.69, 9.17) is 0 Å². The first-order chi connectivity index (χ1) is 9.42. The van der Waals surface area contributed by atoms with Crippen molar-refractivity contribution in [2.75, 3.05) is 0 Å². The molecule has 0 saturated heterocycles. The van der Waals surface area contributed by atoms with Crippen LogP contribution >= 0.6 is 22.7 Å². The number of aromatic nitrogens is 3. The van der Waals surface area contributed by atoms with Gasteiger partial charge in [-0.3, -0.25) is 9.97 Å². The van der Waals surface area contributed by atoms with E-state index in [1.165, 1.54) is 35.8 Å². The lowest BCUT2D eigenvalue weighted by molar-refractivity contribution is -0.639. The van der Waals surface area contributed by atoms with Crippen molar-refractivity contribution in [1.29, 1.82) is 0 Å². The Kier molecular flexibility index (Phi) is 1.78. The third-order valence-corrected chi connectivity index (χ3v) is 6.12. The molecular formula is C14H8N3S2+. The van der Waals surface area contributed by atoms with Crippen molar-refractivity contribution in [2.45, 2.75) is 6.54 Å². The Hall–Kier alpha value is -1.85. The van der Waals surface area contributed by atoms with Crippen LogP contribution in [0.15, 0.2) is 36.9 Å². The molecule has 5 rings (SSSR count). The van der Waals surface area contributed by atoms with Gasteiger partial charge in [-0.1, -0.05) is 22.7 Å². The average molecular weight is 282 g/mol. The Morgan fingerprint density at radius 1 is 1.05 bits per heavy atom. The lowest BCUT2D eigenvalue weighted by Crippen LogP contribution is -2.29. The predicted octanol–water partition coefficient (Wildman–Crippen LogP) is 3.22. The number of hydrogen-bond acceptors (Lipinski definition) is 4. The summed E-state index contributed by atoms with van der Waals surface area (Å²) >= 11 is 3.72. The van der Waals surface area contributed by atoms with Gasteiger partial charge in [-0.15, -0.1) is 0 Å². The van der Waals surface area contributed by atoms with Gasteiger partial charge in [0, 0.05) is 35.7 Å². The number of thiophene rings is 1. The van der Waals surface area contributed by atoms with E-state index < -0.39 is 0 Å². The molecule has 5 heteroatoms. The van der Waals surface area contributed by atoms with Gasteiger partial charge in [-0.2, -0.15) is 4.57 Å². The molecule has 0 aliphatic carbocycles. The summed E-state index contributed by atoms with van der Waals surface area (Å²) in [6.45, 7) is 0.943. The van der Waals surface area contributed by atoms with Gasteiger partial charge < -0.3 is 0 Å². The Morgan fingerprint density at radius 3 is 2.95 bits per heavy atom. The van der Waals surface area contributed by atoms with Crippen molar-refractivity contribution in [3.05, 3.63) is 42.5 Å². The smallest absolute Gasteiger partial charge is 0.264 e. The molecule has 0 saturated carbocycles. The minimum atomic E-state index is 0.943. The summed E-state index contributed by atoms with van der Waals surface area (Å²) < 4.78 is 5.07. The topological polar surface area (TPSA) is 29.7 Å². The van der Waals surface area contributed by atoms with Crippen molar-refractivity contribution in [3.8, 4) is 10.6 Å². The van der Waals surface area contributed by atoms with Gasteiger partial charge in [0.1, 0.15) is 4.70 Å². The lowest BCUT2D eigenvalue weighted by Gasteiger charge is -1.89. The number of thiazole rings is 1. The second kappa shape index (κ2) is 3.37. The molecule has 0 N–H and O–H groups in total. The van der Waals surface area contributed by atoms with E-state index in [-0.39, 0.29) is 0 Å². The molecule has 3 nitrogen and oxygen atoms in total. The van der Waals surface area contributed by atoms with Crippen LogP contribution < -0.4 is 4.57 Å². The summed E-state index contributed by atoms with van der Waals surface area (Å²) in [5.41, 5.74) is 2.66. The molecule has 0 bridgehead atoms. The van der Waals surface area contributed by atoms with E-state index in [0.717, 1.165) is 6.54 Å². The molecule has 0 amide bonds. The number of fused-ring (bicyclic) bond motifs is 7. The molecule has 0 aromatic carbocycles.